The number of hydrogen-bond donors (Lipinski definition) is 2. The van der Waals surface area contributed by atoms with Gasteiger partial charge in [0.1, 0.15) is 5.75 Å². The van der Waals surface area contributed by atoms with Crippen LogP contribution in [-0.2, 0) is 17.5 Å². The summed E-state index contributed by atoms with van der Waals surface area (Å²) in [7, 11) is 0. The third kappa shape index (κ3) is 5.40. The highest BCUT2D eigenvalue weighted by Crippen LogP contribution is 2.36. The summed E-state index contributed by atoms with van der Waals surface area (Å²) in [6, 6.07) is 14.1. The molecule has 0 aliphatic carbocycles. The van der Waals surface area contributed by atoms with Crippen molar-refractivity contribution < 1.29 is 23.1 Å². The number of hydrogen-bond acceptors (Lipinski definition) is 4. The van der Waals surface area contributed by atoms with Crippen LogP contribution in [0.3, 0.4) is 0 Å². The molecular formula is C24H23ClF3N3O2. The molecule has 33 heavy (non-hydrogen) atoms. The monoisotopic (exact) mass is 477 g/mol. The van der Waals surface area contributed by atoms with Gasteiger partial charge < -0.3 is 10.4 Å². The lowest BCUT2D eigenvalue weighted by Crippen LogP contribution is -2.48. The number of nitrogens with one attached hydrogen (secondary N) is 1. The average molecular weight is 478 g/mol. The first-order chi connectivity index (χ1) is 15.7. The summed E-state index contributed by atoms with van der Waals surface area (Å²) >= 11 is 6.39. The molecule has 0 unspecified atom stereocenters. The molecule has 1 fully saturated rings. The molecule has 1 aliphatic heterocycles. The predicted octanol–water partition coefficient (Wildman–Crippen LogP) is 4.97. The zero-order chi connectivity index (χ0) is 23.6. The normalized spacial score (nSPS) is 15.6. The largest absolute Gasteiger partial charge is 0.507 e. The number of aromatic hydroxyl groups is 1. The van der Waals surface area contributed by atoms with E-state index < -0.39 is 17.6 Å². The van der Waals surface area contributed by atoms with Crippen LogP contribution in [-0.4, -0.2) is 53.5 Å². The van der Waals surface area contributed by atoms with E-state index in [-0.39, 0.29) is 18.0 Å². The average Bonchev–Trinajstić information content (AvgIpc) is 2.78. The molecule has 0 bridgehead atoms. The molecule has 9 heteroatoms. The number of benzene rings is 3. The second-order valence-corrected chi connectivity index (χ2v) is 8.46. The van der Waals surface area contributed by atoms with Gasteiger partial charge >= 0.3 is 6.18 Å². The van der Waals surface area contributed by atoms with Crippen molar-refractivity contribution in [3.05, 3.63) is 70.7 Å². The SMILES string of the molecule is O=C(CN1CCN(Cc2cc(Cl)c3ccccc3c2O)CC1)Nc1ccccc1C(F)(F)F. The summed E-state index contributed by atoms with van der Waals surface area (Å²) in [5, 5.41) is 15.1. The number of fused-ring (bicyclic) bond motifs is 1. The molecule has 1 saturated heterocycles. The number of nitrogens with zero attached hydrogens (tertiary/aromatic N) is 2. The first kappa shape index (κ1) is 23.4. The van der Waals surface area contributed by atoms with Crippen molar-refractivity contribution in [1.82, 2.24) is 9.80 Å². The van der Waals surface area contributed by atoms with E-state index in [0.29, 0.717) is 43.1 Å². The maximum atomic E-state index is 13.1. The molecule has 3 aromatic carbocycles. The summed E-state index contributed by atoms with van der Waals surface area (Å²) < 4.78 is 39.4. The Morgan fingerprint density at radius 3 is 2.27 bits per heavy atom. The Balaban J connectivity index is 1.33. The third-order valence-corrected chi connectivity index (χ3v) is 6.09. The predicted molar refractivity (Wildman–Crippen MR) is 122 cm³/mol. The van der Waals surface area contributed by atoms with Gasteiger partial charge in [0.2, 0.25) is 5.91 Å². The van der Waals surface area contributed by atoms with Crippen LogP contribution in [0.4, 0.5) is 18.9 Å². The van der Waals surface area contributed by atoms with Crippen LogP contribution in [0.25, 0.3) is 10.8 Å². The molecule has 2 N–H and O–H groups in total. The summed E-state index contributed by atoms with van der Waals surface area (Å²) in [6.45, 7) is 2.97. The van der Waals surface area contributed by atoms with Crippen LogP contribution in [0.2, 0.25) is 5.02 Å². The summed E-state index contributed by atoms with van der Waals surface area (Å²) in [6.07, 6.45) is -4.54. The van der Waals surface area contributed by atoms with Gasteiger partial charge in [-0.15, -0.1) is 0 Å². The molecule has 1 amide bonds. The number of amides is 1. The minimum absolute atomic E-state index is 0.00703. The quantitative estimate of drug-likeness (QED) is 0.544. The van der Waals surface area contributed by atoms with E-state index in [0.717, 1.165) is 17.0 Å². The van der Waals surface area contributed by atoms with Crippen molar-refractivity contribution in [3.63, 3.8) is 0 Å². The molecule has 0 spiro atoms. The van der Waals surface area contributed by atoms with E-state index >= 15 is 0 Å². The Kier molecular flexibility index (Phi) is 6.78. The first-order valence-electron chi connectivity index (χ1n) is 10.5. The van der Waals surface area contributed by atoms with Crippen molar-refractivity contribution in [2.75, 3.05) is 38.0 Å². The Labute approximate surface area is 194 Å². The van der Waals surface area contributed by atoms with E-state index in [1.807, 2.05) is 29.2 Å². The summed E-state index contributed by atoms with van der Waals surface area (Å²) in [5.74, 6) is -0.278. The van der Waals surface area contributed by atoms with Gasteiger partial charge in [-0.2, -0.15) is 13.2 Å². The lowest BCUT2D eigenvalue weighted by atomic mass is 10.0. The molecule has 3 aromatic rings. The van der Waals surface area contributed by atoms with Gasteiger partial charge in [-0.1, -0.05) is 48.0 Å². The Morgan fingerprint density at radius 2 is 1.58 bits per heavy atom. The van der Waals surface area contributed by atoms with E-state index in [9.17, 15) is 23.1 Å². The van der Waals surface area contributed by atoms with Crippen LogP contribution in [0.5, 0.6) is 5.75 Å². The van der Waals surface area contributed by atoms with Crippen LogP contribution < -0.4 is 5.32 Å². The lowest BCUT2D eigenvalue weighted by molar-refractivity contribution is -0.137. The number of phenolic OH excluding ortho intramolecular Hbond substituents is 1. The first-order valence-corrected chi connectivity index (χ1v) is 10.9. The molecule has 0 atom stereocenters. The minimum atomic E-state index is -4.54. The molecule has 0 radical (unpaired) electrons. The number of carbonyl (C=O) groups excluding carboxylic acids is 1. The van der Waals surface area contributed by atoms with E-state index in [1.165, 1.54) is 18.2 Å². The molecule has 1 aliphatic rings. The van der Waals surface area contributed by atoms with Crippen LogP contribution in [0.15, 0.2) is 54.6 Å². The van der Waals surface area contributed by atoms with Crippen molar-refractivity contribution in [2.24, 2.45) is 0 Å². The highest BCUT2D eigenvalue weighted by molar-refractivity contribution is 6.35. The molecular weight excluding hydrogens is 455 g/mol. The Bertz CT molecular complexity index is 1160. The topological polar surface area (TPSA) is 55.8 Å². The van der Waals surface area contributed by atoms with Crippen LogP contribution in [0.1, 0.15) is 11.1 Å². The van der Waals surface area contributed by atoms with Gasteiger partial charge in [-0.3, -0.25) is 14.6 Å². The lowest BCUT2D eigenvalue weighted by Gasteiger charge is -2.34. The van der Waals surface area contributed by atoms with Gasteiger partial charge in [-0.25, -0.2) is 0 Å². The number of alkyl halides is 3. The second-order valence-electron chi connectivity index (χ2n) is 8.06. The molecule has 0 saturated carbocycles. The highest BCUT2D eigenvalue weighted by atomic mass is 35.5. The van der Waals surface area contributed by atoms with Gasteiger partial charge in [0.15, 0.2) is 0 Å². The van der Waals surface area contributed by atoms with E-state index in [4.69, 9.17) is 11.6 Å². The summed E-state index contributed by atoms with van der Waals surface area (Å²) in [5.41, 5.74) is -0.372. The maximum Gasteiger partial charge on any atom is 0.418 e. The molecule has 174 valence electrons. The Morgan fingerprint density at radius 1 is 0.970 bits per heavy atom. The number of piperazine rings is 1. The van der Waals surface area contributed by atoms with Crippen molar-refractivity contribution in [3.8, 4) is 5.75 Å². The van der Waals surface area contributed by atoms with Gasteiger partial charge in [0.05, 0.1) is 17.8 Å². The van der Waals surface area contributed by atoms with E-state index in [2.05, 4.69) is 10.2 Å². The molecule has 1 heterocycles. The number of rotatable bonds is 5. The van der Waals surface area contributed by atoms with Crippen molar-refractivity contribution in [2.45, 2.75) is 12.7 Å². The number of para-hydroxylation sites is 1. The molecule has 4 rings (SSSR count). The van der Waals surface area contributed by atoms with Crippen molar-refractivity contribution in [1.29, 1.82) is 0 Å². The third-order valence-electron chi connectivity index (χ3n) is 5.78. The van der Waals surface area contributed by atoms with Crippen LogP contribution in [0, 0.1) is 0 Å². The van der Waals surface area contributed by atoms with E-state index in [1.54, 1.807) is 6.07 Å². The van der Waals surface area contributed by atoms with Gasteiger partial charge in [0, 0.05) is 54.1 Å². The number of carbonyl (C=O) groups is 1. The zero-order valence-electron chi connectivity index (χ0n) is 17.7. The van der Waals surface area contributed by atoms with Crippen molar-refractivity contribution >= 4 is 34.0 Å². The number of anilines is 1. The molecule has 5 nitrogen and oxygen atoms in total. The Hall–Kier alpha value is -2.81. The van der Waals surface area contributed by atoms with Gasteiger partial charge in [-0.05, 0) is 18.2 Å². The second kappa shape index (κ2) is 9.59. The maximum absolute atomic E-state index is 13.1. The number of halogens is 4. The fourth-order valence-electron chi connectivity index (χ4n) is 4.07. The molecule has 0 aromatic heterocycles. The number of phenols is 1. The standard InChI is InChI=1S/C24H23ClF3N3O2/c25-20-13-16(23(33)18-6-2-1-5-17(18)20)14-30-9-11-31(12-10-30)15-22(32)29-21-8-4-3-7-19(21)24(26,27)28/h1-8,13,33H,9-12,14-15H2,(H,29,32). The fourth-order valence-corrected chi connectivity index (χ4v) is 4.37. The highest BCUT2D eigenvalue weighted by Gasteiger charge is 2.33. The zero-order valence-corrected chi connectivity index (χ0v) is 18.5. The fraction of sp³-hybridized carbons (Fsp3) is 0.292. The summed E-state index contributed by atoms with van der Waals surface area (Å²) in [4.78, 5) is 16.4. The van der Waals surface area contributed by atoms with Gasteiger partial charge in [0.25, 0.3) is 0 Å². The smallest absolute Gasteiger partial charge is 0.418 e. The minimum Gasteiger partial charge on any atom is -0.507 e. The van der Waals surface area contributed by atoms with Crippen LogP contribution >= 0.6 is 11.6 Å².